The number of nitrogens with two attached hydrogens (primary N) is 1. The minimum absolute atomic E-state index is 0.771. The SMILES string of the molecule is COc1ccc(Cc2scnc2C)c(N)c1. The van der Waals surface area contributed by atoms with Crippen LogP contribution in [0.1, 0.15) is 16.1 Å². The Labute approximate surface area is 98.9 Å². The van der Waals surface area contributed by atoms with E-state index in [1.807, 2.05) is 30.6 Å². The van der Waals surface area contributed by atoms with E-state index in [2.05, 4.69) is 4.98 Å². The fourth-order valence-electron chi connectivity index (χ4n) is 1.53. The summed E-state index contributed by atoms with van der Waals surface area (Å²) in [5.74, 6) is 0.794. The molecular weight excluding hydrogens is 220 g/mol. The molecule has 1 aromatic carbocycles. The maximum atomic E-state index is 5.97. The molecule has 3 nitrogen and oxygen atoms in total. The third kappa shape index (κ3) is 2.17. The highest BCUT2D eigenvalue weighted by molar-refractivity contribution is 7.09. The van der Waals surface area contributed by atoms with Crippen LogP contribution in [0.15, 0.2) is 23.7 Å². The first-order chi connectivity index (χ1) is 7.70. The molecule has 0 unspecified atom stereocenters. The van der Waals surface area contributed by atoms with Gasteiger partial charge in [-0.3, -0.25) is 0 Å². The van der Waals surface area contributed by atoms with Gasteiger partial charge in [0, 0.05) is 23.1 Å². The normalized spacial score (nSPS) is 10.4. The average molecular weight is 234 g/mol. The van der Waals surface area contributed by atoms with Gasteiger partial charge in [0.25, 0.3) is 0 Å². The fraction of sp³-hybridized carbons (Fsp3) is 0.250. The Balaban J connectivity index is 2.25. The summed E-state index contributed by atoms with van der Waals surface area (Å²) >= 11 is 1.67. The number of anilines is 1. The number of nitrogens with zero attached hydrogens (tertiary/aromatic N) is 1. The first-order valence-corrected chi connectivity index (χ1v) is 5.90. The number of benzene rings is 1. The number of ether oxygens (including phenoxy) is 1. The van der Waals surface area contributed by atoms with Crippen molar-refractivity contribution in [3.63, 3.8) is 0 Å². The van der Waals surface area contributed by atoms with E-state index in [0.29, 0.717) is 0 Å². The highest BCUT2D eigenvalue weighted by Gasteiger charge is 2.06. The van der Waals surface area contributed by atoms with Gasteiger partial charge in [-0.25, -0.2) is 4.98 Å². The van der Waals surface area contributed by atoms with Gasteiger partial charge in [0.1, 0.15) is 5.75 Å². The molecule has 1 aromatic heterocycles. The molecule has 0 fully saturated rings. The molecule has 0 amide bonds. The van der Waals surface area contributed by atoms with Crippen LogP contribution in [0.5, 0.6) is 5.75 Å². The lowest BCUT2D eigenvalue weighted by molar-refractivity contribution is 0.415. The molecule has 0 aliphatic rings. The van der Waals surface area contributed by atoms with E-state index in [4.69, 9.17) is 10.5 Å². The van der Waals surface area contributed by atoms with Crippen molar-refractivity contribution in [1.29, 1.82) is 0 Å². The molecule has 1 heterocycles. The fourth-order valence-corrected chi connectivity index (χ4v) is 2.33. The lowest BCUT2D eigenvalue weighted by Crippen LogP contribution is -1.96. The summed E-state index contributed by atoms with van der Waals surface area (Å²) in [5.41, 5.74) is 10.8. The summed E-state index contributed by atoms with van der Waals surface area (Å²) in [6.45, 7) is 2.02. The van der Waals surface area contributed by atoms with Crippen LogP contribution in [-0.4, -0.2) is 12.1 Å². The smallest absolute Gasteiger partial charge is 0.120 e. The van der Waals surface area contributed by atoms with Crippen molar-refractivity contribution in [3.05, 3.63) is 39.8 Å². The molecule has 84 valence electrons. The molecule has 0 saturated heterocycles. The zero-order chi connectivity index (χ0) is 11.5. The van der Waals surface area contributed by atoms with Gasteiger partial charge in [-0.2, -0.15) is 0 Å². The lowest BCUT2D eigenvalue weighted by atomic mass is 10.1. The van der Waals surface area contributed by atoms with Gasteiger partial charge in [0.15, 0.2) is 0 Å². The van der Waals surface area contributed by atoms with Crippen molar-refractivity contribution >= 4 is 17.0 Å². The minimum Gasteiger partial charge on any atom is -0.497 e. The van der Waals surface area contributed by atoms with Crippen LogP contribution in [0.25, 0.3) is 0 Å². The molecule has 0 bridgehead atoms. The van der Waals surface area contributed by atoms with Crippen LogP contribution in [0.4, 0.5) is 5.69 Å². The Morgan fingerprint density at radius 1 is 1.44 bits per heavy atom. The summed E-state index contributed by atoms with van der Waals surface area (Å²) in [5, 5.41) is 0. The number of thiazole rings is 1. The largest absolute Gasteiger partial charge is 0.497 e. The Kier molecular flexibility index (Phi) is 3.10. The standard InChI is InChI=1S/C12H14N2OS/c1-8-12(16-7-14-8)5-9-3-4-10(15-2)6-11(9)13/h3-4,6-7H,5,13H2,1-2H3. The van der Waals surface area contributed by atoms with E-state index in [9.17, 15) is 0 Å². The number of aromatic nitrogens is 1. The van der Waals surface area contributed by atoms with E-state index in [0.717, 1.165) is 29.1 Å². The van der Waals surface area contributed by atoms with Crippen molar-refractivity contribution in [2.24, 2.45) is 0 Å². The number of nitrogen functional groups attached to an aromatic ring is 1. The quantitative estimate of drug-likeness (QED) is 0.830. The molecule has 0 atom stereocenters. The molecule has 0 spiro atoms. The molecule has 16 heavy (non-hydrogen) atoms. The van der Waals surface area contributed by atoms with Gasteiger partial charge in [-0.1, -0.05) is 6.07 Å². The molecule has 0 radical (unpaired) electrons. The number of methoxy groups -OCH3 is 1. The van der Waals surface area contributed by atoms with Gasteiger partial charge in [-0.05, 0) is 18.6 Å². The van der Waals surface area contributed by atoms with Gasteiger partial charge >= 0.3 is 0 Å². The van der Waals surface area contributed by atoms with Gasteiger partial charge < -0.3 is 10.5 Å². The van der Waals surface area contributed by atoms with Crippen LogP contribution in [0.2, 0.25) is 0 Å². The third-order valence-electron chi connectivity index (χ3n) is 2.55. The molecule has 0 saturated carbocycles. The number of hydrogen-bond acceptors (Lipinski definition) is 4. The number of rotatable bonds is 3. The second-order valence-corrected chi connectivity index (χ2v) is 4.54. The first-order valence-electron chi connectivity index (χ1n) is 5.02. The molecule has 2 N–H and O–H groups in total. The maximum Gasteiger partial charge on any atom is 0.120 e. The zero-order valence-corrected chi connectivity index (χ0v) is 10.2. The average Bonchev–Trinajstić information content (AvgIpc) is 2.67. The summed E-state index contributed by atoms with van der Waals surface area (Å²) in [6.07, 6.45) is 0.840. The monoisotopic (exact) mass is 234 g/mol. The molecular formula is C12H14N2OS. The Morgan fingerprint density at radius 2 is 2.25 bits per heavy atom. The van der Waals surface area contributed by atoms with E-state index in [-0.39, 0.29) is 0 Å². The Morgan fingerprint density at radius 3 is 2.81 bits per heavy atom. The van der Waals surface area contributed by atoms with Crippen molar-refractivity contribution in [2.75, 3.05) is 12.8 Å². The number of hydrogen-bond donors (Lipinski definition) is 1. The first kappa shape index (κ1) is 11.0. The third-order valence-corrected chi connectivity index (χ3v) is 3.48. The number of aryl methyl sites for hydroxylation is 1. The van der Waals surface area contributed by atoms with E-state index >= 15 is 0 Å². The molecule has 2 rings (SSSR count). The highest BCUT2D eigenvalue weighted by Crippen LogP contribution is 2.24. The van der Waals surface area contributed by atoms with Crippen molar-refractivity contribution in [1.82, 2.24) is 4.98 Å². The Hall–Kier alpha value is -1.55. The van der Waals surface area contributed by atoms with Gasteiger partial charge in [0.2, 0.25) is 0 Å². The van der Waals surface area contributed by atoms with Crippen LogP contribution in [0.3, 0.4) is 0 Å². The minimum atomic E-state index is 0.771. The van der Waals surface area contributed by atoms with E-state index in [1.165, 1.54) is 4.88 Å². The van der Waals surface area contributed by atoms with Gasteiger partial charge in [0.05, 0.1) is 18.3 Å². The van der Waals surface area contributed by atoms with Crippen LogP contribution >= 0.6 is 11.3 Å². The van der Waals surface area contributed by atoms with E-state index < -0.39 is 0 Å². The summed E-state index contributed by atoms with van der Waals surface area (Å²) in [4.78, 5) is 5.49. The second kappa shape index (κ2) is 4.53. The highest BCUT2D eigenvalue weighted by atomic mass is 32.1. The van der Waals surface area contributed by atoms with Crippen LogP contribution in [-0.2, 0) is 6.42 Å². The summed E-state index contributed by atoms with van der Waals surface area (Å²) in [6, 6.07) is 5.79. The van der Waals surface area contributed by atoms with Crippen molar-refractivity contribution in [2.45, 2.75) is 13.3 Å². The predicted molar refractivity (Wildman–Crippen MR) is 67.1 cm³/mol. The Bertz CT molecular complexity index is 494. The lowest BCUT2D eigenvalue weighted by Gasteiger charge is -2.07. The maximum absolute atomic E-state index is 5.97. The zero-order valence-electron chi connectivity index (χ0n) is 9.36. The van der Waals surface area contributed by atoms with Crippen LogP contribution < -0.4 is 10.5 Å². The van der Waals surface area contributed by atoms with Crippen molar-refractivity contribution < 1.29 is 4.74 Å². The topological polar surface area (TPSA) is 48.1 Å². The predicted octanol–water partition coefficient (Wildman–Crippen LogP) is 2.63. The summed E-state index contributed by atoms with van der Waals surface area (Å²) in [7, 11) is 1.64. The summed E-state index contributed by atoms with van der Waals surface area (Å²) < 4.78 is 5.12. The molecule has 2 aromatic rings. The van der Waals surface area contributed by atoms with Crippen molar-refractivity contribution in [3.8, 4) is 5.75 Å². The van der Waals surface area contributed by atoms with Crippen LogP contribution in [0, 0.1) is 6.92 Å². The van der Waals surface area contributed by atoms with E-state index in [1.54, 1.807) is 18.4 Å². The van der Waals surface area contributed by atoms with Gasteiger partial charge in [-0.15, -0.1) is 11.3 Å². The molecule has 4 heteroatoms. The second-order valence-electron chi connectivity index (χ2n) is 3.60. The molecule has 0 aliphatic carbocycles. The molecule has 0 aliphatic heterocycles.